The molecule has 0 aromatic rings. The molecule has 0 aromatic carbocycles. The summed E-state index contributed by atoms with van der Waals surface area (Å²) >= 11 is 4.50. The van der Waals surface area contributed by atoms with Gasteiger partial charge in [0.1, 0.15) is 0 Å². The molecule has 0 radical (unpaired) electrons. The maximum Gasteiger partial charge on any atom is 0.0316 e. The Morgan fingerprint density at radius 1 is 0.741 bits per heavy atom. The molecule has 0 aromatic heterocycles. The molecule has 1 atom stereocenters. The summed E-state index contributed by atoms with van der Waals surface area (Å²) < 4.78 is 0.375. The molecule has 158 valence electrons. The number of alkyl halides is 1. The monoisotopic (exact) mass is 438 g/mol. The number of hydrogen-bond acceptors (Lipinski definition) is 0. The lowest BCUT2D eigenvalue weighted by molar-refractivity contribution is -0.00828. The summed E-state index contributed by atoms with van der Waals surface area (Å²) in [6.45, 7) is 7.40. The van der Waals surface area contributed by atoms with Crippen molar-refractivity contribution < 1.29 is 0 Å². The summed E-state index contributed by atoms with van der Waals surface area (Å²) in [5.74, 6) is 3.97. The molecule has 0 nitrogen and oxygen atoms in total. The van der Waals surface area contributed by atoms with Gasteiger partial charge in [0.15, 0.2) is 0 Å². The predicted octanol–water partition coefficient (Wildman–Crippen LogP) is 9.30. The summed E-state index contributed by atoms with van der Waals surface area (Å²) in [6, 6.07) is 0. The summed E-state index contributed by atoms with van der Waals surface area (Å²) in [5, 5.41) is 0. The fourth-order valence-electron chi connectivity index (χ4n) is 7.70. The maximum absolute atomic E-state index is 4.50. The van der Waals surface area contributed by atoms with Gasteiger partial charge in [-0.3, -0.25) is 0 Å². The largest absolute Gasteiger partial charge is 0.0847 e. The highest BCUT2D eigenvalue weighted by Gasteiger charge is 2.55. The molecule has 0 bridgehead atoms. The summed E-state index contributed by atoms with van der Waals surface area (Å²) in [7, 11) is 0. The molecule has 1 heteroatoms. The molecule has 27 heavy (non-hydrogen) atoms. The SMILES string of the molecule is CCCC1CCC(C(C)(Br)C2(C3CCC(CCC)CC3)CCCCC2)CC1. The summed E-state index contributed by atoms with van der Waals surface area (Å²) in [5.41, 5.74) is 0.588. The van der Waals surface area contributed by atoms with Gasteiger partial charge >= 0.3 is 0 Å². The fourth-order valence-corrected chi connectivity index (χ4v) is 8.88. The second-order valence-corrected chi connectivity index (χ2v) is 12.5. The number of hydrogen-bond donors (Lipinski definition) is 0. The van der Waals surface area contributed by atoms with Crippen molar-refractivity contribution >= 4 is 15.9 Å². The normalized spacial score (nSPS) is 36.9. The van der Waals surface area contributed by atoms with Gasteiger partial charge in [-0.15, -0.1) is 0 Å². The zero-order valence-corrected chi connectivity index (χ0v) is 20.3. The second-order valence-electron chi connectivity index (χ2n) is 10.8. The number of rotatable bonds is 7. The Balaban J connectivity index is 1.71. The molecule has 3 fully saturated rings. The minimum Gasteiger partial charge on any atom is -0.0847 e. The Hall–Kier alpha value is 0.480. The average Bonchev–Trinajstić information content (AvgIpc) is 2.70. The van der Waals surface area contributed by atoms with E-state index in [0.717, 1.165) is 23.7 Å². The van der Waals surface area contributed by atoms with Crippen molar-refractivity contribution in [1.82, 2.24) is 0 Å². The van der Waals surface area contributed by atoms with Crippen molar-refractivity contribution in [3.8, 4) is 0 Å². The van der Waals surface area contributed by atoms with Crippen molar-refractivity contribution in [3.05, 3.63) is 0 Å². The Morgan fingerprint density at radius 3 is 1.70 bits per heavy atom. The van der Waals surface area contributed by atoms with Crippen LogP contribution in [0.5, 0.6) is 0 Å². The first-order valence-corrected chi connectivity index (χ1v) is 13.5. The molecule has 0 amide bonds. The molecular weight excluding hydrogens is 392 g/mol. The average molecular weight is 440 g/mol. The quantitative estimate of drug-likeness (QED) is 0.347. The van der Waals surface area contributed by atoms with Crippen LogP contribution in [-0.2, 0) is 0 Å². The molecule has 3 aliphatic carbocycles. The van der Waals surface area contributed by atoms with Gasteiger partial charge in [0.05, 0.1) is 0 Å². The lowest BCUT2D eigenvalue weighted by atomic mass is 9.52. The van der Waals surface area contributed by atoms with Gasteiger partial charge in [-0.2, -0.15) is 0 Å². The van der Waals surface area contributed by atoms with Crippen LogP contribution in [0.25, 0.3) is 0 Å². The van der Waals surface area contributed by atoms with E-state index in [1.807, 2.05) is 0 Å². The Morgan fingerprint density at radius 2 is 1.22 bits per heavy atom. The van der Waals surface area contributed by atoms with Crippen LogP contribution in [0.1, 0.15) is 130 Å². The van der Waals surface area contributed by atoms with Crippen LogP contribution in [0.15, 0.2) is 0 Å². The van der Waals surface area contributed by atoms with E-state index < -0.39 is 0 Å². The van der Waals surface area contributed by atoms with Gasteiger partial charge in [0.25, 0.3) is 0 Å². The first-order chi connectivity index (χ1) is 13.0. The van der Waals surface area contributed by atoms with Gasteiger partial charge in [-0.25, -0.2) is 0 Å². The first kappa shape index (κ1) is 22.2. The van der Waals surface area contributed by atoms with E-state index in [1.165, 1.54) is 109 Å². The van der Waals surface area contributed by atoms with Crippen molar-refractivity contribution in [2.45, 2.75) is 134 Å². The van der Waals surface area contributed by atoms with Crippen LogP contribution in [0.2, 0.25) is 0 Å². The minimum atomic E-state index is 0.375. The van der Waals surface area contributed by atoms with Crippen molar-refractivity contribution in [3.63, 3.8) is 0 Å². The second kappa shape index (κ2) is 9.99. The number of halogens is 1. The van der Waals surface area contributed by atoms with E-state index >= 15 is 0 Å². The standard InChI is InChI=1S/C26H47Br/c1-4-9-21-11-15-23(16-12-21)25(3,27)26(19-7-6-8-20-26)24-17-13-22(10-5-2)14-18-24/h21-24H,4-20H2,1-3H3. The molecule has 1 unspecified atom stereocenters. The van der Waals surface area contributed by atoms with Gasteiger partial charge in [0, 0.05) is 4.32 Å². The van der Waals surface area contributed by atoms with Crippen molar-refractivity contribution in [2.75, 3.05) is 0 Å². The minimum absolute atomic E-state index is 0.375. The molecule has 0 aliphatic heterocycles. The van der Waals surface area contributed by atoms with Crippen LogP contribution < -0.4 is 0 Å². The third-order valence-corrected chi connectivity index (χ3v) is 10.8. The van der Waals surface area contributed by atoms with Crippen LogP contribution in [0.4, 0.5) is 0 Å². The smallest absolute Gasteiger partial charge is 0.0316 e. The molecule has 0 spiro atoms. The van der Waals surface area contributed by atoms with Crippen LogP contribution >= 0.6 is 15.9 Å². The first-order valence-electron chi connectivity index (χ1n) is 12.7. The van der Waals surface area contributed by atoms with E-state index in [9.17, 15) is 0 Å². The predicted molar refractivity (Wildman–Crippen MR) is 124 cm³/mol. The van der Waals surface area contributed by atoms with E-state index in [2.05, 4.69) is 36.7 Å². The van der Waals surface area contributed by atoms with E-state index in [1.54, 1.807) is 0 Å². The topological polar surface area (TPSA) is 0 Å². The summed E-state index contributed by atoms with van der Waals surface area (Å²) in [4.78, 5) is 0. The fraction of sp³-hybridized carbons (Fsp3) is 1.00. The molecule has 0 N–H and O–H groups in total. The van der Waals surface area contributed by atoms with E-state index in [-0.39, 0.29) is 0 Å². The highest BCUT2D eigenvalue weighted by Crippen LogP contribution is 2.62. The third kappa shape index (κ3) is 4.80. The Kier molecular flexibility index (Phi) is 8.20. The van der Waals surface area contributed by atoms with E-state index in [4.69, 9.17) is 0 Å². The van der Waals surface area contributed by atoms with Crippen LogP contribution in [-0.4, -0.2) is 4.32 Å². The van der Waals surface area contributed by atoms with Crippen LogP contribution in [0.3, 0.4) is 0 Å². The van der Waals surface area contributed by atoms with Gasteiger partial charge < -0.3 is 0 Å². The molecule has 3 rings (SSSR count). The Bertz CT molecular complexity index is 417. The zero-order chi connectivity index (χ0) is 19.3. The lowest BCUT2D eigenvalue weighted by Crippen LogP contribution is -2.53. The molecule has 3 aliphatic rings. The summed E-state index contributed by atoms with van der Waals surface area (Å²) in [6.07, 6.45) is 25.2. The molecule has 3 saturated carbocycles. The lowest BCUT2D eigenvalue weighted by Gasteiger charge is -2.58. The van der Waals surface area contributed by atoms with Gasteiger partial charge in [-0.05, 0) is 74.5 Å². The Labute approximate surface area is 179 Å². The zero-order valence-electron chi connectivity index (χ0n) is 18.7. The van der Waals surface area contributed by atoms with E-state index in [0.29, 0.717) is 9.74 Å². The molecule has 0 heterocycles. The van der Waals surface area contributed by atoms with Gasteiger partial charge in [-0.1, -0.05) is 100 Å². The van der Waals surface area contributed by atoms with Crippen molar-refractivity contribution in [1.29, 1.82) is 0 Å². The molecular formula is C26H47Br. The highest BCUT2D eigenvalue weighted by atomic mass is 79.9. The highest BCUT2D eigenvalue weighted by molar-refractivity contribution is 9.10. The third-order valence-electron chi connectivity index (χ3n) is 9.35. The van der Waals surface area contributed by atoms with Crippen molar-refractivity contribution in [2.24, 2.45) is 29.1 Å². The molecule has 0 saturated heterocycles. The van der Waals surface area contributed by atoms with Crippen LogP contribution in [0, 0.1) is 29.1 Å². The van der Waals surface area contributed by atoms with Gasteiger partial charge in [0.2, 0.25) is 0 Å². The maximum atomic E-state index is 4.50.